The maximum absolute atomic E-state index is 12.8. The Morgan fingerprint density at radius 1 is 1.14 bits per heavy atom. The average Bonchev–Trinajstić information content (AvgIpc) is 3.55. The first-order valence-electron chi connectivity index (χ1n) is 12.6. The highest BCUT2D eigenvalue weighted by molar-refractivity contribution is 5.94. The summed E-state index contributed by atoms with van der Waals surface area (Å²) in [5.41, 5.74) is 7.84. The number of carbonyl (C=O) groups excluding carboxylic acids is 1. The number of aromatic hydroxyl groups is 1. The molecule has 0 saturated heterocycles. The minimum Gasteiger partial charge on any atom is -0.508 e. The van der Waals surface area contributed by atoms with Gasteiger partial charge in [0.25, 0.3) is 0 Å². The molecule has 37 heavy (non-hydrogen) atoms. The molecule has 0 fully saturated rings. The van der Waals surface area contributed by atoms with Crippen molar-refractivity contribution < 1.29 is 9.90 Å². The van der Waals surface area contributed by atoms with Crippen LogP contribution in [0.5, 0.6) is 5.75 Å². The quantitative estimate of drug-likeness (QED) is 0.315. The number of rotatable bonds is 6. The predicted octanol–water partition coefficient (Wildman–Crippen LogP) is 4.80. The molecule has 0 bridgehead atoms. The molecular weight excluding hydrogens is 464 g/mol. The fourth-order valence-corrected chi connectivity index (χ4v) is 5.08. The normalized spacial score (nSPS) is 13.2. The number of aromatic amines is 2. The molecular formula is C29H28N6O2. The molecule has 186 valence electrons. The third-order valence-electron chi connectivity index (χ3n) is 7.07. The maximum atomic E-state index is 12.8. The van der Waals surface area contributed by atoms with Crippen LogP contribution in [0.25, 0.3) is 33.5 Å². The van der Waals surface area contributed by atoms with Crippen molar-refractivity contribution in [1.29, 1.82) is 0 Å². The van der Waals surface area contributed by atoms with E-state index in [2.05, 4.69) is 45.3 Å². The summed E-state index contributed by atoms with van der Waals surface area (Å²) >= 11 is 0. The Kier molecular flexibility index (Phi) is 5.92. The van der Waals surface area contributed by atoms with Crippen molar-refractivity contribution in [3.63, 3.8) is 0 Å². The van der Waals surface area contributed by atoms with Crippen molar-refractivity contribution in [2.75, 3.05) is 6.54 Å². The van der Waals surface area contributed by atoms with E-state index >= 15 is 0 Å². The van der Waals surface area contributed by atoms with Gasteiger partial charge in [0, 0.05) is 36.7 Å². The molecule has 0 aliphatic carbocycles. The number of aromatic nitrogens is 5. The summed E-state index contributed by atoms with van der Waals surface area (Å²) in [5, 5.41) is 18.6. The van der Waals surface area contributed by atoms with Gasteiger partial charge in [-0.05, 0) is 65.9 Å². The second kappa shape index (κ2) is 9.54. The van der Waals surface area contributed by atoms with E-state index < -0.39 is 0 Å². The number of carbonyl (C=O) groups is 1. The Hall–Kier alpha value is -4.46. The molecule has 1 aliphatic heterocycles. The molecule has 6 rings (SSSR count). The summed E-state index contributed by atoms with van der Waals surface area (Å²) in [6, 6.07) is 17.5. The third kappa shape index (κ3) is 4.46. The lowest BCUT2D eigenvalue weighted by atomic mass is 9.97. The molecule has 5 aromatic rings. The number of nitrogens with zero attached hydrogens (tertiary/aromatic N) is 4. The Morgan fingerprint density at radius 3 is 2.89 bits per heavy atom. The number of H-pyrrole nitrogens is 2. The minimum atomic E-state index is 0.130. The van der Waals surface area contributed by atoms with E-state index in [1.165, 1.54) is 0 Å². The summed E-state index contributed by atoms with van der Waals surface area (Å²) in [4.78, 5) is 27.3. The van der Waals surface area contributed by atoms with Gasteiger partial charge in [-0.1, -0.05) is 25.1 Å². The Bertz CT molecular complexity index is 1590. The fraction of sp³-hybridized carbons (Fsp3) is 0.241. The molecule has 4 heterocycles. The number of imidazole rings is 1. The molecule has 0 radical (unpaired) electrons. The van der Waals surface area contributed by atoms with Crippen LogP contribution in [0.1, 0.15) is 36.0 Å². The zero-order valence-electron chi connectivity index (χ0n) is 20.7. The molecule has 1 aliphatic rings. The molecule has 0 saturated carbocycles. The predicted molar refractivity (Wildman–Crippen MR) is 142 cm³/mol. The van der Waals surface area contributed by atoms with Gasteiger partial charge in [-0.25, -0.2) is 4.98 Å². The van der Waals surface area contributed by atoms with E-state index in [0.29, 0.717) is 38.2 Å². The molecule has 3 aromatic heterocycles. The van der Waals surface area contributed by atoms with Gasteiger partial charge >= 0.3 is 0 Å². The van der Waals surface area contributed by atoms with E-state index in [-0.39, 0.29) is 11.7 Å². The van der Waals surface area contributed by atoms with E-state index in [4.69, 9.17) is 4.98 Å². The van der Waals surface area contributed by atoms with Crippen molar-refractivity contribution in [2.45, 2.75) is 39.2 Å². The Labute approximate surface area is 214 Å². The number of amides is 1. The van der Waals surface area contributed by atoms with Crippen LogP contribution in [0.15, 0.2) is 60.8 Å². The first-order chi connectivity index (χ1) is 18.1. The van der Waals surface area contributed by atoms with Crippen molar-refractivity contribution in [1.82, 2.24) is 30.0 Å². The van der Waals surface area contributed by atoms with Gasteiger partial charge in [-0.3, -0.25) is 14.9 Å². The number of pyridine rings is 1. The van der Waals surface area contributed by atoms with Crippen LogP contribution in [0, 0.1) is 0 Å². The largest absolute Gasteiger partial charge is 0.508 e. The standard InChI is InChI=1S/C29H28N6O2/c1-2-18-15-21(36)8-10-22(18)19-6-9-23-25(16-19)33-34-28(23)29-31-24-12-14-35(17-26(24)32-29)27(37)11-7-20-5-3-4-13-30-20/h3-6,8-10,13,15-16,36H,2,7,11-12,14,17H2,1H3,(H,31,32)(H,33,34). The zero-order chi connectivity index (χ0) is 25.4. The van der Waals surface area contributed by atoms with Crippen LogP contribution in [0.3, 0.4) is 0 Å². The highest BCUT2D eigenvalue weighted by Crippen LogP contribution is 2.33. The van der Waals surface area contributed by atoms with Crippen LogP contribution < -0.4 is 0 Å². The summed E-state index contributed by atoms with van der Waals surface area (Å²) in [6.07, 6.45) is 4.39. The molecule has 3 N–H and O–H groups in total. The van der Waals surface area contributed by atoms with Gasteiger partial charge in [0.1, 0.15) is 11.4 Å². The van der Waals surface area contributed by atoms with Gasteiger partial charge in [-0.2, -0.15) is 5.10 Å². The number of phenolic OH excluding ortho intramolecular Hbond substituents is 1. The van der Waals surface area contributed by atoms with Crippen LogP contribution in [-0.4, -0.2) is 47.6 Å². The molecule has 2 aromatic carbocycles. The van der Waals surface area contributed by atoms with Crippen LogP contribution >= 0.6 is 0 Å². The zero-order valence-corrected chi connectivity index (χ0v) is 20.7. The van der Waals surface area contributed by atoms with Gasteiger partial charge in [0.2, 0.25) is 5.91 Å². The van der Waals surface area contributed by atoms with Gasteiger partial charge in [-0.15, -0.1) is 0 Å². The minimum absolute atomic E-state index is 0.130. The van der Waals surface area contributed by atoms with Crippen molar-refractivity contribution in [3.8, 4) is 28.4 Å². The summed E-state index contributed by atoms with van der Waals surface area (Å²) < 4.78 is 0. The Balaban J connectivity index is 1.21. The number of benzene rings is 2. The fourth-order valence-electron chi connectivity index (χ4n) is 5.08. The highest BCUT2D eigenvalue weighted by atomic mass is 16.3. The molecule has 8 nitrogen and oxygen atoms in total. The van der Waals surface area contributed by atoms with Crippen LogP contribution in [0.2, 0.25) is 0 Å². The van der Waals surface area contributed by atoms with E-state index in [0.717, 1.165) is 56.8 Å². The molecule has 8 heteroatoms. The number of nitrogens with one attached hydrogen (secondary N) is 2. The van der Waals surface area contributed by atoms with Gasteiger partial charge in [0.15, 0.2) is 5.82 Å². The average molecular weight is 493 g/mol. The molecule has 0 spiro atoms. The molecule has 0 atom stereocenters. The topological polar surface area (TPSA) is 111 Å². The van der Waals surface area contributed by atoms with E-state index in [1.54, 1.807) is 12.3 Å². The van der Waals surface area contributed by atoms with Gasteiger partial charge < -0.3 is 15.0 Å². The summed E-state index contributed by atoms with van der Waals surface area (Å²) in [5.74, 6) is 1.12. The third-order valence-corrected chi connectivity index (χ3v) is 7.07. The maximum Gasteiger partial charge on any atom is 0.223 e. The first kappa shape index (κ1) is 23.0. The molecule has 0 unspecified atom stereocenters. The Morgan fingerprint density at radius 2 is 2.05 bits per heavy atom. The number of hydrogen-bond donors (Lipinski definition) is 3. The van der Waals surface area contributed by atoms with Crippen molar-refractivity contribution in [2.24, 2.45) is 0 Å². The van der Waals surface area contributed by atoms with Crippen LogP contribution in [-0.2, 0) is 30.6 Å². The SMILES string of the molecule is CCc1cc(O)ccc1-c1ccc2c(-c3nc4c([nH]3)CN(C(=O)CCc3ccccn3)CC4)n[nH]c2c1. The van der Waals surface area contributed by atoms with E-state index in [1.807, 2.05) is 35.2 Å². The number of fused-ring (bicyclic) bond motifs is 2. The lowest BCUT2D eigenvalue weighted by Gasteiger charge is -2.26. The monoisotopic (exact) mass is 492 g/mol. The second-order valence-electron chi connectivity index (χ2n) is 9.42. The van der Waals surface area contributed by atoms with E-state index in [9.17, 15) is 9.90 Å². The number of phenols is 1. The van der Waals surface area contributed by atoms with Crippen LogP contribution in [0.4, 0.5) is 0 Å². The number of aryl methyl sites for hydroxylation is 2. The smallest absolute Gasteiger partial charge is 0.223 e. The van der Waals surface area contributed by atoms with Crippen molar-refractivity contribution >= 4 is 16.8 Å². The number of hydrogen-bond acceptors (Lipinski definition) is 5. The van der Waals surface area contributed by atoms with Gasteiger partial charge in [0.05, 0.1) is 23.4 Å². The summed E-state index contributed by atoms with van der Waals surface area (Å²) in [6.45, 7) is 3.27. The summed E-state index contributed by atoms with van der Waals surface area (Å²) in [7, 11) is 0. The lowest BCUT2D eigenvalue weighted by molar-refractivity contribution is -0.132. The molecule has 1 amide bonds. The van der Waals surface area contributed by atoms with Crippen molar-refractivity contribution in [3.05, 3.63) is 83.4 Å². The first-order valence-corrected chi connectivity index (χ1v) is 12.6. The second-order valence-corrected chi connectivity index (χ2v) is 9.42. The highest BCUT2D eigenvalue weighted by Gasteiger charge is 2.25. The lowest BCUT2D eigenvalue weighted by Crippen LogP contribution is -2.36.